The highest BCUT2D eigenvalue weighted by Crippen LogP contribution is 2.22. The zero-order chi connectivity index (χ0) is 16.9. The Bertz CT molecular complexity index is 833. The molecule has 0 bridgehead atoms. The number of methoxy groups -OCH3 is 1. The van der Waals surface area contributed by atoms with Crippen LogP contribution in [0.5, 0.6) is 5.88 Å². The Morgan fingerprint density at radius 3 is 2.79 bits per heavy atom. The molecular formula is C17H18FN5O. The summed E-state index contributed by atoms with van der Waals surface area (Å²) in [6.07, 6.45) is 6.90. The standard InChI is InChI=1S/C17H18FN5O/c1-3-5-13-15(20-11-21-17(13)24-2)10-12-7-9-22-23(12)16-14(18)6-4-8-19-16/h4,6-9,11H,3,5,10H2,1-2H3. The van der Waals surface area contributed by atoms with Gasteiger partial charge < -0.3 is 4.74 Å². The second kappa shape index (κ2) is 7.16. The van der Waals surface area contributed by atoms with Gasteiger partial charge in [0.15, 0.2) is 11.6 Å². The van der Waals surface area contributed by atoms with Crippen LogP contribution in [0.15, 0.2) is 36.9 Å². The van der Waals surface area contributed by atoms with Gasteiger partial charge in [-0.15, -0.1) is 0 Å². The van der Waals surface area contributed by atoms with Gasteiger partial charge in [0.2, 0.25) is 5.88 Å². The third-order valence-corrected chi connectivity index (χ3v) is 3.70. The highest BCUT2D eigenvalue weighted by molar-refractivity contribution is 5.34. The Balaban J connectivity index is 1.99. The van der Waals surface area contributed by atoms with Crippen LogP contribution >= 0.6 is 0 Å². The molecule has 0 atom stereocenters. The van der Waals surface area contributed by atoms with Gasteiger partial charge in [0, 0.05) is 24.4 Å². The molecule has 0 saturated heterocycles. The predicted molar refractivity (Wildman–Crippen MR) is 86.7 cm³/mol. The van der Waals surface area contributed by atoms with Crippen molar-refractivity contribution in [3.05, 3.63) is 59.7 Å². The average Bonchev–Trinajstić information content (AvgIpc) is 3.05. The second-order valence-electron chi connectivity index (χ2n) is 5.28. The van der Waals surface area contributed by atoms with Crippen LogP contribution in [0.4, 0.5) is 4.39 Å². The third kappa shape index (κ3) is 3.10. The molecule has 124 valence electrons. The van der Waals surface area contributed by atoms with Crippen LogP contribution in [0.25, 0.3) is 5.82 Å². The van der Waals surface area contributed by atoms with E-state index in [4.69, 9.17) is 4.74 Å². The van der Waals surface area contributed by atoms with Gasteiger partial charge in [-0.25, -0.2) is 24.0 Å². The number of aromatic nitrogens is 5. The van der Waals surface area contributed by atoms with E-state index in [0.717, 1.165) is 29.8 Å². The molecule has 3 rings (SSSR count). The van der Waals surface area contributed by atoms with Crippen molar-refractivity contribution in [1.82, 2.24) is 24.7 Å². The van der Waals surface area contributed by atoms with E-state index in [1.54, 1.807) is 25.6 Å². The fraction of sp³-hybridized carbons (Fsp3) is 0.294. The van der Waals surface area contributed by atoms with Gasteiger partial charge in [-0.1, -0.05) is 13.3 Å². The first-order valence-corrected chi connectivity index (χ1v) is 7.75. The fourth-order valence-corrected chi connectivity index (χ4v) is 2.62. The molecule has 0 fully saturated rings. The highest BCUT2D eigenvalue weighted by atomic mass is 19.1. The topological polar surface area (TPSA) is 65.7 Å². The highest BCUT2D eigenvalue weighted by Gasteiger charge is 2.16. The maximum atomic E-state index is 14.0. The zero-order valence-electron chi connectivity index (χ0n) is 13.6. The summed E-state index contributed by atoms with van der Waals surface area (Å²) in [5, 5.41) is 4.20. The second-order valence-corrected chi connectivity index (χ2v) is 5.28. The van der Waals surface area contributed by atoms with Crippen molar-refractivity contribution in [2.24, 2.45) is 0 Å². The molecule has 0 aliphatic rings. The zero-order valence-corrected chi connectivity index (χ0v) is 13.6. The van der Waals surface area contributed by atoms with E-state index in [1.165, 1.54) is 17.1 Å². The van der Waals surface area contributed by atoms with E-state index in [2.05, 4.69) is 27.0 Å². The first-order chi connectivity index (χ1) is 11.7. The number of pyridine rings is 1. The Kier molecular flexibility index (Phi) is 4.79. The quantitative estimate of drug-likeness (QED) is 0.696. The van der Waals surface area contributed by atoms with Crippen molar-refractivity contribution < 1.29 is 9.13 Å². The molecule has 0 aromatic carbocycles. The number of hydrogen-bond donors (Lipinski definition) is 0. The van der Waals surface area contributed by atoms with Crippen molar-refractivity contribution in [3.8, 4) is 11.7 Å². The van der Waals surface area contributed by atoms with Crippen molar-refractivity contribution in [2.45, 2.75) is 26.2 Å². The summed E-state index contributed by atoms with van der Waals surface area (Å²) in [7, 11) is 1.60. The molecule has 6 nitrogen and oxygen atoms in total. The summed E-state index contributed by atoms with van der Waals surface area (Å²) >= 11 is 0. The van der Waals surface area contributed by atoms with Gasteiger partial charge in [0.05, 0.1) is 18.5 Å². The molecule has 0 unspecified atom stereocenters. The van der Waals surface area contributed by atoms with E-state index in [-0.39, 0.29) is 5.82 Å². The monoisotopic (exact) mass is 327 g/mol. The van der Waals surface area contributed by atoms with Crippen LogP contribution < -0.4 is 4.74 Å². The smallest absolute Gasteiger partial charge is 0.219 e. The minimum Gasteiger partial charge on any atom is -0.481 e. The number of ether oxygens (including phenoxy) is 1. The first kappa shape index (κ1) is 16.0. The summed E-state index contributed by atoms with van der Waals surface area (Å²) in [5.74, 6) is 0.337. The van der Waals surface area contributed by atoms with Gasteiger partial charge >= 0.3 is 0 Å². The minimum absolute atomic E-state index is 0.176. The lowest BCUT2D eigenvalue weighted by atomic mass is 10.1. The Hall–Kier alpha value is -2.83. The van der Waals surface area contributed by atoms with Crippen molar-refractivity contribution in [1.29, 1.82) is 0 Å². The molecular weight excluding hydrogens is 309 g/mol. The van der Waals surface area contributed by atoms with Gasteiger partial charge in [-0.3, -0.25) is 0 Å². The molecule has 24 heavy (non-hydrogen) atoms. The lowest BCUT2D eigenvalue weighted by molar-refractivity contribution is 0.389. The van der Waals surface area contributed by atoms with Crippen LogP contribution in [0.1, 0.15) is 30.3 Å². The molecule has 0 saturated carbocycles. The van der Waals surface area contributed by atoms with E-state index >= 15 is 0 Å². The Morgan fingerprint density at radius 1 is 1.17 bits per heavy atom. The molecule has 0 amide bonds. The third-order valence-electron chi connectivity index (χ3n) is 3.70. The van der Waals surface area contributed by atoms with Gasteiger partial charge in [-0.05, 0) is 24.6 Å². The largest absolute Gasteiger partial charge is 0.481 e. The lowest BCUT2D eigenvalue weighted by Gasteiger charge is -2.12. The molecule has 7 heteroatoms. The summed E-state index contributed by atoms with van der Waals surface area (Å²) < 4.78 is 20.9. The van der Waals surface area contributed by atoms with Crippen molar-refractivity contribution in [3.63, 3.8) is 0 Å². The van der Waals surface area contributed by atoms with E-state index in [0.29, 0.717) is 12.3 Å². The molecule has 3 aromatic rings. The normalized spacial score (nSPS) is 10.8. The summed E-state index contributed by atoms with van der Waals surface area (Å²) in [4.78, 5) is 12.6. The van der Waals surface area contributed by atoms with Gasteiger partial charge in [0.25, 0.3) is 0 Å². The van der Waals surface area contributed by atoms with Crippen LogP contribution in [0.3, 0.4) is 0 Å². The number of rotatable bonds is 6. The minimum atomic E-state index is -0.420. The molecule has 0 radical (unpaired) electrons. The Morgan fingerprint density at radius 2 is 2.04 bits per heavy atom. The van der Waals surface area contributed by atoms with Crippen molar-refractivity contribution in [2.75, 3.05) is 7.11 Å². The molecule has 0 spiro atoms. The predicted octanol–water partition coefficient (Wildman–Crippen LogP) is 2.75. The number of nitrogens with zero attached hydrogens (tertiary/aromatic N) is 5. The van der Waals surface area contributed by atoms with E-state index < -0.39 is 5.82 Å². The maximum absolute atomic E-state index is 14.0. The SMILES string of the molecule is CCCc1c(Cc2ccnn2-c2ncccc2F)ncnc1OC. The maximum Gasteiger partial charge on any atom is 0.219 e. The molecule has 0 aliphatic heterocycles. The number of halogens is 1. The number of hydrogen-bond acceptors (Lipinski definition) is 5. The van der Waals surface area contributed by atoms with E-state index in [1.807, 2.05) is 6.07 Å². The lowest BCUT2D eigenvalue weighted by Crippen LogP contribution is -2.10. The summed E-state index contributed by atoms with van der Waals surface area (Å²) in [6.45, 7) is 2.09. The molecule has 3 heterocycles. The summed E-state index contributed by atoms with van der Waals surface area (Å²) in [5.41, 5.74) is 2.62. The molecule has 3 aromatic heterocycles. The van der Waals surface area contributed by atoms with Crippen LogP contribution in [-0.2, 0) is 12.8 Å². The summed E-state index contributed by atoms with van der Waals surface area (Å²) in [6, 6.07) is 4.75. The first-order valence-electron chi connectivity index (χ1n) is 7.75. The van der Waals surface area contributed by atoms with Crippen LogP contribution in [0.2, 0.25) is 0 Å². The van der Waals surface area contributed by atoms with Crippen LogP contribution in [-0.4, -0.2) is 31.8 Å². The van der Waals surface area contributed by atoms with Gasteiger partial charge in [0.1, 0.15) is 6.33 Å². The molecule has 0 aliphatic carbocycles. The Labute approximate surface area is 139 Å². The average molecular weight is 327 g/mol. The fourth-order valence-electron chi connectivity index (χ4n) is 2.62. The molecule has 0 N–H and O–H groups in total. The van der Waals surface area contributed by atoms with Crippen LogP contribution in [0, 0.1) is 5.82 Å². The van der Waals surface area contributed by atoms with Crippen molar-refractivity contribution >= 4 is 0 Å². The van der Waals surface area contributed by atoms with Gasteiger partial charge in [-0.2, -0.15) is 5.10 Å². The van der Waals surface area contributed by atoms with E-state index in [9.17, 15) is 4.39 Å².